The Morgan fingerprint density at radius 3 is 2.95 bits per heavy atom. The summed E-state index contributed by atoms with van der Waals surface area (Å²) in [5.74, 6) is -0.839. The van der Waals surface area contributed by atoms with Crippen LogP contribution in [0.4, 0.5) is 10.2 Å². The van der Waals surface area contributed by atoms with Gasteiger partial charge < -0.3 is 5.73 Å². The van der Waals surface area contributed by atoms with E-state index in [0.717, 1.165) is 0 Å². The molecule has 0 saturated heterocycles. The van der Waals surface area contributed by atoms with Crippen LogP contribution >= 0.6 is 0 Å². The lowest BCUT2D eigenvalue weighted by atomic mass is 10.2. The Hall–Kier alpha value is -2.77. The predicted molar refractivity (Wildman–Crippen MR) is 64.6 cm³/mol. The van der Waals surface area contributed by atoms with Gasteiger partial charge in [0, 0.05) is 5.56 Å². The highest BCUT2D eigenvalue weighted by Crippen LogP contribution is 2.04. The van der Waals surface area contributed by atoms with Crippen molar-refractivity contribution in [2.45, 2.75) is 6.42 Å². The van der Waals surface area contributed by atoms with Crippen molar-refractivity contribution in [1.82, 2.24) is 15.7 Å². The molecule has 0 spiro atoms. The molecule has 1 aromatic heterocycles. The van der Waals surface area contributed by atoms with E-state index in [2.05, 4.69) is 25.5 Å². The SMILES string of the molecule is Nc1nonc1CC(=O)N/N=C\c1ccccc1F. The van der Waals surface area contributed by atoms with Gasteiger partial charge in [-0.05, 0) is 11.2 Å². The van der Waals surface area contributed by atoms with Gasteiger partial charge in [-0.15, -0.1) is 0 Å². The van der Waals surface area contributed by atoms with Gasteiger partial charge in [-0.2, -0.15) is 5.10 Å². The number of aromatic nitrogens is 2. The molecular weight excluding hydrogens is 253 g/mol. The maximum atomic E-state index is 13.2. The third-order valence-electron chi connectivity index (χ3n) is 2.21. The van der Waals surface area contributed by atoms with Gasteiger partial charge in [-0.1, -0.05) is 23.4 Å². The minimum absolute atomic E-state index is 0.0493. The predicted octanol–water partition coefficient (Wildman–Crippen LogP) is 0.484. The highest BCUT2D eigenvalue weighted by molar-refractivity contribution is 5.83. The largest absolute Gasteiger partial charge is 0.379 e. The second kappa shape index (κ2) is 5.71. The van der Waals surface area contributed by atoms with Gasteiger partial charge in [0.15, 0.2) is 5.82 Å². The third kappa shape index (κ3) is 3.35. The number of rotatable bonds is 4. The Labute approximate surface area is 107 Å². The van der Waals surface area contributed by atoms with Crippen LogP contribution in [0.15, 0.2) is 34.0 Å². The summed E-state index contributed by atoms with van der Waals surface area (Å²) < 4.78 is 17.6. The summed E-state index contributed by atoms with van der Waals surface area (Å²) >= 11 is 0. The topological polar surface area (TPSA) is 106 Å². The lowest BCUT2D eigenvalue weighted by Crippen LogP contribution is -2.20. The number of nitrogens with zero attached hydrogens (tertiary/aromatic N) is 3. The molecule has 0 radical (unpaired) electrons. The first kappa shape index (κ1) is 12.7. The highest BCUT2D eigenvalue weighted by Gasteiger charge is 2.10. The summed E-state index contributed by atoms with van der Waals surface area (Å²) in [6, 6.07) is 6.05. The van der Waals surface area contributed by atoms with Gasteiger partial charge in [0.25, 0.3) is 0 Å². The molecule has 1 aromatic carbocycles. The van der Waals surface area contributed by atoms with Gasteiger partial charge in [0.2, 0.25) is 5.91 Å². The quantitative estimate of drug-likeness (QED) is 0.616. The van der Waals surface area contributed by atoms with Crippen LogP contribution in [0.1, 0.15) is 11.3 Å². The van der Waals surface area contributed by atoms with E-state index in [0.29, 0.717) is 0 Å². The smallest absolute Gasteiger partial charge is 0.246 e. The highest BCUT2D eigenvalue weighted by atomic mass is 19.1. The average molecular weight is 263 g/mol. The van der Waals surface area contributed by atoms with E-state index in [1.54, 1.807) is 12.1 Å². The number of amides is 1. The van der Waals surface area contributed by atoms with Gasteiger partial charge in [-0.25, -0.2) is 14.4 Å². The monoisotopic (exact) mass is 263 g/mol. The van der Waals surface area contributed by atoms with E-state index in [9.17, 15) is 9.18 Å². The molecule has 0 atom stereocenters. The van der Waals surface area contributed by atoms with Gasteiger partial charge >= 0.3 is 0 Å². The Balaban J connectivity index is 1.91. The molecule has 7 nitrogen and oxygen atoms in total. The molecule has 19 heavy (non-hydrogen) atoms. The van der Waals surface area contributed by atoms with Crippen LogP contribution in [0.2, 0.25) is 0 Å². The minimum Gasteiger partial charge on any atom is -0.379 e. The first-order valence-corrected chi connectivity index (χ1v) is 5.30. The van der Waals surface area contributed by atoms with E-state index in [4.69, 9.17) is 5.73 Å². The Morgan fingerprint density at radius 2 is 2.26 bits per heavy atom. The van der Waals surface area contributed by atoms with Crippen molar-refractivity contribution in [3.8, 4) is 0 Å². The molecule has 0 fully saturated rings. The van der Waals surface area contributed by atoms with Crippen LogP contribution in [-0.2, 0) is 11.2 Å². The summed E-state index contributed by atoms with van der Waals surface area (Å²) in [6.45, 7) is 0. The standard InChI is InChI=1S/C11H10FN5O2/c12-8-4-2-1-3-7(8)6-14-15-10(18)5-9-11(13)17-19-16-9/h1-4,6H,5H2,(H2,13,17)(H,15,18)/b14-6-. The number of carbonyl (C=O) groups is 1. The second-order valence-corrected chi connectivity index (χ2v) is 3.59. The first-order chi connectivity index (χ1) is 9.16. The molecule has 98 valence electrons. The summed E-state index contributed by atoms with van der Waals surface area (Å²) in [5, 5.41) is 10.4. The van der Waals surface area contributed by atoms with Crippen LogP contribution < -0.4 is 11.2 Å². The van der Waals surface area contributed by atoms with Crippen molar-refractivity contribution in [2.24, 2.45) is 5.10 Å². The molecule has 2 aromatic rings. The van der Waals surface area contributed by atoms with Crippen molar-refractivity contribution in [1.29, 1.82) is 0 Å². The zero-order chi connectivity index (χ0) is 13.7. The van der Waals surface area contributed by atoms with Crippen molar-refractivity contribution in [3.63, 3.8) is 0 Å². The number of halogens is 1. The number of hydrogen-bond acceptors (Lipinski definition) is 6. The number of anilines is 1. The molecule has 0 aliphatic carbocycles. The van der Waals surface area contributed by atoms with Crippen LogP contribution in [0, 0.1) is 5.82 Å². The maximum absolute atomic E-state index is 13.2. The lowest BCUT2D eigenvalue weighted by molar-refractivity contribution is -0.120. The normalized spacial score (nSPS) is 10.8. The number of hydrogen-bond donors (Lipinski definition) is 2. The Bertz CT molecular complexity index is 611. The van der Waals surface area contributed by atoms with E-state index in [1.807, 2.05) is 0 Å². The summed E-state index contributed by atoms with van der Waals surface area (Å²) in [5.41, 5.74) is 8.11. The van der Waals surface area contributed by atoms with E-state index < -0.39 is 11.7 Å². The zero-order valence-corrected chi connectivity index (χ0v) is 9.71. The van der Waals surface area contributed by atoms with E-state index >= 15 is 0 Å². The molecule has 2 rings (SSSR count). The fourth-order valence-corrected chi connectivity index (χ4v) is 1.28. The van der Waals surface area contributed by atoms with Crippen LogP contribution in [0.3, 0.4) is 0 Å². The number of benzene rings is 1. The second-order valence-electron chi connectivity index (χ2n) is 3.59. The van der Waals surface area contributed by atoms with Crippen LogP contribution in [0.25, 0.3) is 0 Å². The number of nitrogens with one attached hydrogen (secondary N) is 1. The average Bonchev–Trinajstić information content (AvgIpc) is 2.77. The number of hydrazone groups is 1. The number of nitrogens with two attached hydrogens (primary N) is 1. The number of carbonyl (C=O) groups excluding carboxylic acids is 1. The first-order valence-electron chi connectivity index (χ1n) is 5.30. The van der Waals surface area contributed by atoms with Gasteiger partial charge in [-0.3, -0.25) is 4.79 Å². The summed E-state index contributed by atoms with van der Waals surface area (Å²) in [6.07, 6.45) is 1.08. The third-order valence-corrected chi connectivity index (χ3v) is 2.21. The summed E-state index contributed by atoms with van der Waals surface area (Å²) in [7, 11) is 0. The van der Waals surface area contributed by atoms with E-state index in [-0.39, 0.29) is 23.5 Å². The summed E-state index contributed by atoms with van der Waals surface area (Å²) in [4.78, 5) is 11.5. The van der Waals surface area contributed by atoms with Crippen LogP contribution in [-0.4, -0.2) is 22.4 Å². The van der Waals surface area contributed by atoms with Crippen LogP contribution in [0.5, 0.6) is 0 Å². The molecule has 0 saturated carbocycles. The number of nitrogen functional groups attached to an aromatic ring is 1. The lowest BCUT2D eigenvalue weighted by Gasteiger charge is -1.97. The van der Waals surface area contributed by atoms with Crippen molar-refractivity contribution in [2.75, 3.05) is 5.73 Å². The fourth-order valence-electron chi connectivity index (χ4n) is 1.28. The maximum Gasteiger partial charge on any atom is 0.246 e. The minimum atomic E-state index is -0.463. The van der Waals surface area contributed by atoms with E-state index in [1.165, 1.54) is 18.3 Å². The molecular formula is C11H10FN5O2. The van der Waals surface area contributed by atoms with Crippen molar-refractivity contribution < 1.29 is 13.8 Å². The molecule has 8 heteroatoms. The van der Waals surface area contributed by atoms with Gasteiger partial charge in [0.05, 0.1) is 12.6 Å². The molecule has 0 unspecified atom stereocenters. The van der Waals surface area contributed by atoms with Crippen molar-refractivity contribution >= 4 is 17.9 Å². The zero-order valence-electron chi connectivity index (χ0n) is 9.71. The van der Waals surface area contributed by atoms with Crippen molar-refractivity contribution in [3.05, 3.63) is 41.3 Å². The van der Waals surface area contributed by atoms with Gasteiger partial charge in [0.1, 0.15) is 11.5 Å². The molecule has 0 bridgehead atoms. The fraction of sp³-hybridized carbons (Fsp3) is 0.0909. The Morgan fingerprint density at radius 1 is 1.47 bits per heavy atom. The molecule has 1 amide bonds. The molecule has 3 N–H and O–H groups in total. The molecule has 1 heterocycles. The Kier molecular flexibility index (Phi) is 3.81. The molecule has 0 aliphatic rings. The molecule has 0 aliphatic heterocycles.